The molecule has 1 fully saturated rings. The number of piperidine rings is 1. The van der Waals surface area contributed by atoms with Gasteiger partial charge in [-0.05, 0) is 48.6 Å². The first-order valence-electron chi connectivity index (χ1n) is 8.20. The summed E-state index contributed by atoms with van der Waals surface area (Å²) in [6.45, 7) is 1.11. The lowest BCUT2D eigenvalue weighted by atomic mass is 10.0. The minimum Gasteiger partial charge on any atom is -0.349 e. The van der Waals surface area contributed by atoms with Gasteiger partial charge in [0.05, 0.1) is 0 Å². The molecular weight excluding hydrogens is 378 g/mol. The van der Waals surface area contributed by atoms with Crippen molar-refractivity contribution in [3.8, 4) is 0 Å². The Kier molecular flexibility index (Phi) is 6.26. The first-order valence-corrected chi connectivity index (χ1v) is 10.0. The number of alkyl halides is 2. The lowest BCUT2D eigenvalue weighted by Crippen LogP contribution is -2.46. The van der Waals surface area contributed by atoms with Crippen LogP contribution in [0.25, 0.3) is 0 Å². The van der Waals surface area contributed by atoms with E-state index in [9.17, 15) is 18.4 Å². The van der Waals surface area contributed by atoms with Gasteiger partial charge in [-0.1, -0.05) is 11.8 Å². The van der Waals surface area contributed by atoms with E-state index < -0.39 is 5.76 Å². The van der Waals surface area contributed by atoms with Crippen LogP contribution >= 0.6 is 23.1 Å². The summed E-state index contributed by atoms with van der Waals surface area (Å²) in [5, 5.41) is 6.67. The summed E-state index contributed by atoms with van der Waals surface area (Å²) in [5.41, 5.74) is 1.15. The highest BCUT2D eigenvalue weighted by atomic mass is 32.2. The van der Waals surface area contributed by atoms with Gasteiger partial charge in [-0.15, -0.1) is 0 Å². The number of halogens is 2. The minimum atomic E-state index is -2.47. The van der Waals surface area contributed by atoms with Crippen molar-refractivity contribution in [1.82, 2.24) is 10.2 Å². The van der Waals surface area contributed by atoms with Gasteiger partial charge in [-0.2, -0.15) is 20.1 Å². The molecule has 0 aliphatic carbocycles. The average molecular weight is 396 g/mol. The van der Waals surface area contributed by atoms with Gasteiger partial charge in [0.2, 0.25) is 0 Å². The summed E-state index contributed by atoms with van der Waals surface area (Å²) in [5.74, 6) is -2.66. The van der Waals surface area contributed by atoms with Gasteiger partial charge >= 0.3 is 0 Å². The lowest BCUT2D eigenvalue weighted by molar-refractivity contribution is 0.0698. The Labute approximate surface area is 158 Å². The van der Waals surface area contributed by atoms with E-state index in [2.05, 4.69) is 5.32 Å². The summed E-state index contributed by atoms with van der Waals surface area (Å²) in [6.07, 6.45) is 1.39. The third-order valence-electron chi connectivity index (χ3n) is 4.23. The zero-order valence-corrected chi connectivity index (χ0v) is 15.5. The molecule has 0 radical (unpaired) electrons. The molecule has 1 aromatic carbocycles. The second-order valence-electron chi connectivity index (χ2n) is 5.95. The predicted octanol–water partition coefficient (Wildman–Crippen LogP) is 4.10. The molecule has 1 N–H and O–H groups in total. The predicted molar refractivity (Wildman–Crippen MR) is 99.0 cm³/mol. The molecule has 1 aliphatic heterocycles. The summed E-state index contributed by atoms with van der Waals surface area (Å²) >= 11 is 1.94. The zero-order valence-electron chi connectivity index (χ0n) is 13.9. The molecule has 2 heterocycles. The van der Waals surface area contributed by atoms with E-state index in [-0.39, 0.29) is 17.9 Å². The van der Waals surface area contributed by atoms with E-state index in [1.54, 1.807) is 23.1 Å². The molecule has 138 valence electrons. The Hall–Kier alpha value is -1.93. The van der Waals surface area contributed by atoms with Crippen LogP contribution in [0.4, 0.5) is 8.78 Å². The van der Waals surface area contributed by atoms with Crippen molar-refractivity contribution < 1.29 is 18.4 Å². The van der Waals surface area contributed by atoms with E-state index in [0.717, 1.165) is 0 Å². The summed E-state index contributed by atoms with van der Waals surface area (Å²) in [7, 11) is 0. The molecule has 0 saturated carbocycles. The third kappa shape index (κ3) is 4.82. The van der Waals surface area contributed by atoms with Gasteiger partial charge in [-0.3, -0.25) is 9.59 Å². The topological polar surface area (TPSA) is 49.4 Å². The number of nitrogens with one attached hydrogen (secondary N) is 1. The molecule has 1 aliphatic rings. The maximum Gasteiger partial charge on any atom is 0.288 e. The first kappa shape index (κ1) is 18.8. The maximum atomic E-state index is 12.5. The van der Waals surface area contributed by atoms with Crippen LogP contribution in [-0.2, 0) is 0 Å². The van der Waals surface area contributed by atoms with Gasteiger partial charge in [0, 0.05) is 40.5 Å². The molecule has 1 aromatic heterocycles. The summed E-state index contributed by atoms with van der Waals surface area (Å²) in [4.78, 5) is 26.8. The number of carbonyl (C=O) groups is 2. The number of rotatable bonds is 5. The molecule has 4 nitrogen and oxygen atoms in total. The standard InChI is InChI=1S/C18H18F2N2O2S2/c19-18(20)26-15-3-1-12(2-4-15)17(24)22-8-5-14(6-9-22)21-16(23)13-7-10-25-11-13/h1-4,7,10-11,14,18H,5-6,8-9H2,(H,21,23). The SMILES string of the molecule is O=C(NC1CCN(C(=O)c2ccc(SC(F)F)cc2)CC1)c1ccsc1. The molecule has 2 amide bonds. The highest BCUT2D eigenvalue weighted by Gasteiger charge is 2.25. The highest BCUT2D eigenvalue weighted by molar-refractivity contribution is 7.99. The van der Waals surface area contributed by atoms with Crippen LogP contribution in [0.3, 0.4) is 0 Å². The van der Waals surface area contributed by atoms with Crippen molar-refractivity contribution in [3.63, 3.8) is 0 Å². The summed E-state index contributed by atoms with van der Waals surface area (Å²) < 4.78 is 24.7. The van der Waals surface area contributed by atoms with Gasteiger partial charge in [0.25, 0.3) is 17.6 Å². The van der Waals surface area contributed by atoms with E-state index >= 15 is 0 Å². The van der Waals surface area contributed by atoms with E-state index in [4.69, 9.17) is 0 Å². The second-order valence-corrected chi connectivity index (χ2v) is 7.80. The van der Waals surface area contributed by atoms with Crippen LogP contribution in [-0.4, -0.2) is 41.6 Å². The van der Waals surface area contributed by atoms with Gasteiger partial charge in [0.1, 0.15) is 0 Å². The number of benzene rings is 1. The lowest BCUT2D eigenvalue weighted by Gasteiger charge is -2.32. The molecule has 26 heavy (non-hydrogen) atoms. The Morgan fingerprint density at radius 1 is 1.12 bits per heavy atom. The van der Waals surface area contributed by atoms with Crippen molar-refractivity contribution in [2.45, 2.75) is 29.5 Å². The summed E-state index contributed by atoms with van der Waals surface area (Å²) in [6, 6.07) is 8.08. The monoisotopic (exact) mass is 396 g/mol. The molecule has 0 bridgehead atoms. The minimum absolute atomic E-state index is 0.0521. The van der Waals surface area contributed by atoms with E-state index in [1.165, 1.54) is 23.5 Å². The molecule has 3 rings (SSSR count). The fourth-order valence-electron chi connectivity index (χ4n) is 2.85. The largest absolute Gasteiger partial charge is 0.349 e. The van der Waals surface area contributed by atoms with Crippen molar-refractivity contribution in [2.75, 3.05) is 13.1 Å². The Balaban J connectivity index is 1.51. The van der Waals surface area contributed by atoms with Gasteiger partial charge in [-0.25, -0.2) is 0 Å². The number of hydrogen-bond acceptors (Lipinski definition) is 4. The van der Waals surface area contributed by atoms with Crippen LogP contribution in [0.1, 0.15) is 33.6 Å². The molecule has 1 saturated heterocycles. The third-order valence-corrected chi connectivity index (χ3v) is 5.63. The second kappa shape index (κ2) is 8.64. The van der Waals surface area contributed by atoms with Crippen molar-refractivity contribution in [3.05, 3.63) is 52.2 Å². The number of amides is 2. The molecule has 2 aromatic rings. The van der Waals surface area contributed by atoms with Gasteiger partial charge < -0.3 is 10.2 Å². The smallest absolute Gasteiger partial charge is 0.288 e. The molecule has 8 heteroatoms. The van der Waals surface area contributed by atoms with Gasteiger partial charge in [0.15, 0.2) is 0 Å². The zero-order chi connectivity index (χ0) is 18.5. The number of hydrogen-bond donors (Lipinski definition) is 1. The van der Waals surface area contributed by atoms with Crippen molar-refractivity contribution in [2.24, 2.45) is 0 Å². The van der Waals surface area contributed by atoms with Crippen LogP contribution in [0, 0.1) is 0 Å². The van der Waals surface area contributed by atoms with E-state index in [0.29, 0.717) is 53.7 Å². The Morgan fingerprint density at radius 2 is 1.81 bits per heavy atom. The Bertz CT molecular complexity index is 743. The number of likely N-dealkylation sites (tertiary alicyclic amines) is 1. The fourth-order valence-corrected chi connectivity index (χ4v) is 3.99. The average Bonchev–Trinajstić information content (AvgIpc) is 3.17. The maximum absolute atomic E-state index is 12.5. The number of thioether (sulfide) groups is 1. The quantitative estimate of drug-likeness (QED) is 0.775. The fraction of sp³-hybridized carbons (Fsp3) is 0.333. The van der Waals surface area contributed by atoms with Crippen molar-refractivity contribution in [1.29, 1.82) is 0 Å². The Morgan fingerprint density at radius 3 is 2.38 bits per heavy atom. The normalized spacial score (nSPS) is 15.3. The molecular formula is C18H18F2N2O2S2. The number of carbonyl (C=O) groups excluding carboxylic acids is 2. The molecule has 0 unspecified atom stereocenters. The number of nitrogens with zero attached hydrogens (tertiary/aromatic N) is 1. The highest BCUT2D eigenvalue weighted by Crippen LogP contribution is 2.25. The van der Waals surface area contributed by atoms with Crippen LogP contribution < -0.4 is 5.32 Å². The first-order chi connectivity index (χ1) is 12.5. The van der Waals surface area contributed by atoms with Crippen LogP contribution in [0.15, 0.2) is 46.0 Å². The van der Waals surface area contributed by atoms with Crippen LogP contribution in [0.2, 0.25) is 0 Å². The molecule has 0 spiro atoms. The van der Waals surface area contributed by atoms with Crippen LogP contribution in [0.5, 0.6) is 0 Å². The molecule has 0 atom stereocenters. The number of thiophene rings is 1. The van der Waals surface area contributed by atoms with E-state index in [1.807, 2.05) is 10.8 Å². The van der Waals surface area contributed by atoms with Crippen molar-refractivity contribution >= 4 is 34.9 Å².